The van der Waals surface area contributed by atoms with Crippen LogP contribution in [0.1, 0.15) is 5.56 Å². The van der Waals surface area contributed by atoms with Crippen LogP contribution < -0.4 is 11.1 Å². The molecule has 2 rings (SSSR count). The lowest BCUT2D eigenvalue weighted by Gasteiger charge is -2.08. The summed E-state index contributed by atoms with van der Waals surface area (Å²) in [7, 11) is 0. The van der Waals surface area contributed by atoms with Crippen molar-refractivity contribution in [3.8, 4) is 0 Å². The zero-order valence-electron chi connectivity index (χ0n) is 9.99. The first kappa shape index (κ1) is 13.5. The van der Waals surface area contributed by atoms with Crippen LogP contribution >= 0.6 is 15.9 Å². The maximum atomic E-state index is 13.4. The summed E-state index contributed by atoms with van der Waals surface area (Å²) < 4.78 is 14.1. The van der Waals surface area contributed by atoms with Gasteiger partial charge < -0.3 is 11.1 Å². The largest absolute Gasteiger partial charge is 0.399 e. The summed E-state index contributed by atoms with van der Waals surface area (Å²) in [5, 5.41) is 2.71. The number of nitrogen functional groups attached to an aromatic ring is 1. The van der Waals surface area contributed by atoms with Crippen LogP contribution in [0, 0.1) is 5.82 Å². The van der Waals surface area contributed by atoms with Crippen molar-refractivity contribution in [1.29, 1.82) is 0 Å². The summed E-state index contributed by atoms with van der Waals surface area (Å²) in [6, 6.07) is 11.3. The van der Waals surface area contributed by atoms with Crippen LogP contribution in [-0.2, 0) is 11.2 Å². The molecule has 0 fully saturated rings. The molecule has 0 bridgehead atoms. The highest BCUT2D eigenvalue weighted by Gasteiger charge is 2.09. The van der Waals surface area contributed by atoms with E-state index in [1.807, 2.05) is 0 Å². The van der Waals surface area contributed by atoms with Gasteiger partial charge in [0.15, 0.2) is 0 Å². The molecule has 0 saturated carbocycles. The van der Waals surface area contributed by atoms with Crippen molar-refractivity contribution >= 4 is 33.2 Å². The Kier molecular flexibility index (Phi) is 4.16. The van der Waals surface area contributed by atoms with Crippen molar-refractivity contribution in [3.05, 3.63) is 58.3 Å². The molecule has 0 radical (unpaired) electrons. The van der Waals surface area contributed by atoms with Gasteiger partial charge in [-0.2, -0.15) is 0 Å². The standard InChI is InChI=1S/C14H12BrFN2O/c15-11-8-10(17)5-6-13(11)18-14(19)7-9-3-1-2-4-12(9)16/h1-6,8H,7,17H2,(H,18,19). The average Bonchev–Trinajstić information content (AvgIpc) is 2.36. The molecular weight excluding hydrogens is 311 g/mol. The Morgan fingerprint density at radius 3 is 2.68 bits per heavy atom. The molecule has 0 aliphatic carbocycles. The van der Waals surface area contributed by atoms with Gasteiger partial charge in [-0.05, 0) is 45.8 Å². The van der Waals surface area contributed by atoms with Crippen molar-refractivity contribution in [2.75, 3.05) is 11.1 Å². The summed E-state index contributed by atoms with van der Waals surface area (Å²) in [6.07, 6.45) is -0.0104. The van der Waals surface area contributed by atoms with Crippen molar-refractivity contribution in [3.63, 3.8) is 0 Å². The van der Waals surface area contributed by atoms with E-state index in [-0.39, 0.29) is 18.1 Å². The Morgan fingerprint density at radius 2 is 2.00 bits per heavy atom. The minimum atomic E-state index is -0.381. The van der Waals surface area contributed by atoms with Gasteiger partial charge in [-0.15, -0.1) is 0 Å². The Bertz CT molecular complexity index is 616. The van der Waals surface area contributed by atoms with E-state index in [4.69, 9.17) is 5.73 Å². The van der Waals surface area contributed by atoms with E-state index in [1.165, 1.54) is 6.07 Å². The van der Waals surface area contributed by atoms with Gasteiger partial charge in [-0.3, -0.25) is 4.79 Å². The van der Waals surface area contributed by atoms with Gasteiger partial charge >= 0.3 is 0 Å². The molecule has 98 valence electrons. The summed E-state index contributed by atoms with van der Waals surface area (Å²) >= 11 is 3.31. The molecule has 1 amide bonds. The molecule has 3 nitrogen and oxygen atoms in total. The van der Waals surface area contributed by atoms with Gasteiger partial charge in [0, 0.05) is 10.2 Å². The Morgan fingerprint density at radius 1 is 1.26 bits per heavy atom. The van der Waals surface area contributed by atoms with E-state index in [9.17, 15) is 9.18 Å². The van der Waals surface area contributed by atoms with E-state index in [0.717, 1.165) is 0 Å². The molecule has 2 aromatic carbocycles. The normalized spacial score (nSPS) is 10.2. The maximum Gasteiger partial charge on any atom is 0.228 e. The molecule has 5 heteroatoms. The second kappa shape index (κ2) is 5.84. The first-order chi connectivity index (χ1) is 9.06. The van der Waals surface area contributed by atoms with Crippen LogP contribution in [0.3, 0.4) is 0 Å². The predicted molar refractivity (Wildman–Crippen MR) is 77.3 cm³/mol. The minimum absolute atomic E-state index is 0.0104. The van der Waals surface area contributed by atoms with Crippen molar-refractivity contribution in [2.24, 2.45) is 0 Å². The summed E-state index contributed by atoms with van der Waals surface area (Å²) in [5.41, 5.74) is 7.18. The van der Waals surface area contributed by atoms with E-state index in [2.05, 4.69) is 21.2 Å². The predicted octanol–water partition coefficient (Wildman–Crippen LogP) is 3.35. The quantitative estimate of drug-likeness (QED) is 0.851. The summed E-state index contributed by atoms with van der Waals surface area (Å²) in [5.74, 6) is -0.662. The monoisotopic (exact) mass is 322 g/mol. The van der Waals surface area contributed by atoms with Crippen LogP contribution in [0.15, 0.2) is 46.9 Å². The van der Waals surface area contributed by atoms with E-state index < -0.39 is 0 Å². The van der Waals surface area contributed by atoms with Crippen LogP contribution in [-0.4, -0.2) is 5.91 Å². The second-order valence-electron chi connectivity index (χ2n) is 4.06. The second-order valence-corrected chi connectivity index (χ2v) is 4.91. The summed E-state index contributed by atoms with van der Waals surface area (Å²) in [6.45, 7) is 0. The van der Waals surface area contributed by atoms with E-state index in [0.29, 0.717) is 21.4 Å². The molecule has 0 aliphatic heterocycles. The highest BCUT2D eigenvalue weighted by molar-refractivity contribution is 9.10. The van der Waals surface area contributed by atoms with Gasteiger partial charge in [0.1, 0.15) is 5.82 Å². The number of anilines is 2. The number of hydrogen-bond donors (Lipinski definition) is 2. The van der Waals surface area contributed by atoms with Crippen molar-refractivity contribution in [2.45, 2.75) is 6.42 Å². The minimum Gasteiger partial charge on any atom is -0.399 e. The topological polar surface area (TPSA) is 55.1 Å². The molecule has 0 spiro atoms. The molecule has 0 unspecified atom stereocenters. The summed E-state index contributed by atoms with van der Waals surface area (Å²) in [4.78, 5) is 11.8. The lowest BCUT2D eigenvalue weighted by Crippen LogP contribution is -2.15. The number of carbonyl (C=O) groups excluding carboxylic acids is 1. The van der Waals surface area contributed by atoms with Crippen LogP contribution in [0.5, 0.6) is 0 Å². The Hall–Kier alpha value is -1.88. The first-order valence-electron chi connectivity index (χ1n) is 5.64. The van der Waals surface area contributed by atoms with Crippen LogP contribution in [0.4, 0.5) is 15.8 Å². The number of rotatable bonds is 3. The average molecular weight is 323 g/mol. The van der Waals surface area contributed by atoms with E-state index >= 15 is 0 Å². The molecule has 0 saturated heterocycles. The fraction of sp³-hybridized carbons (Fsp3) is 0.0714. The molecule has 0 heterocycles. The third-order valence-electron chi connectivity index (χ3n) is 2.58. The third-order valence-corrected chi connectivity index (χ3v) is 3.23. The lowest BCUT2D eigenvalue weighted by molar-refractivity contribution is -0.115. The van der Waals surface area contributed by atoms with E-state index in [1.54, 1.807) is 36.4 Å². The number of benzene rings is 2. The first-order valence-corrected chi connectivity index (χ1v) is 6.44. The molecular formula is C14H12BrFN2O. The zero-order valence-corrected chi connectivity index (χ0v) is 11.6. The fourth-order valence-corrected chi connectivity index (χ4v) is 2.14. The van der Waals surface area contributed by atoms with Gasteiger partial charge in [-0.1, -0.05) is 18.2 Å². The number of nitrogens with two attached hydrogens (primary N) is 1. The molecule has 0 aliphatic rings. The fourth-order valence-electron chi connectivity index (χ4n) is 1.64. The Balaban J connectivity index is 2.08. The molecule has 0 atom stereocenters. The number of hydrogen-bond acceptors (Lipinski definition) is 2. The highest BCUT2D eigenvalue weighted by atomic mass is 79.9. The van der Waals surface area contributed by atoms with Gasteiger partial charge in [0.25, 0.3) is 0 Å². The number of carbonyl (C=O) groups is 1. The molecule has 0 aromatic heterocycles. The SMILES string of the molecule is Nc1ccc(NC(=O)Cc2ccccc2F)c(Br)c1. The zero-order chi connectivity index (χ0) is 13.8. The number of nitrogens with one attached hydrogen (secondary N) is 1. The van der Waals surface area contributed by atoms with Crippen LogP contribution in [0.2, 0.25) is 0 Å². The van der Waals surface area contributed by atoms with Gasteiger partial charge in [-0.25, -0.2) is 4.39 Å². The lowest BCUT2D eigenvalue weighted by atomic mass is 10.1. The van der Waals surface area contributed by atoms with Crippen molar-refractivity contribution < 1.29 is 9.18 Å². The van der Waals surface area contributed by atoms with Crippen molar-refractivity contribution in [1.82, 2.24) is 0 Å². The molecule has 19 heavy (non-hydrogen) atoms. The molecule has 3 N–H and O–H groups in total. The highest BCUT2D eigenvalue weighted by Crippen LogP contribution is 2.24. The molecule has 2 aromatic rings. The Labute approximate surface area is 118 Å². The van der Waals surface area contributed by atoms with Crippen LogP contribution in [0.25, 0.3) is 0 Å². The van der Waals surface area contributed by atoms with Gasteiger partial charge in [0.05, 0.1) is 12.1 Å². The van der Waals surface area contributed by atoms with Gasteiger partial charge in [0.2, 0.25) is 5.91 Å². The number of halogens is 2. The maximum absolute atomic E-state index is 13.4. The third kappa shape index (κ3) is 3.54. The number of amides is 1. The smallest absolute Gasteiger partial charge is 0.228 e.